The van der Waals surface area contributed by atoms with E-state index < -0.39 is 24.5 Å². The fourth-order valence-corrected chi connectivity index (χ4v) is 2.97. The Balaban J connectivity index is 2.10. The Morgan fingerprint density at radius 2 is 2.10 bits per heavy atom. The van der Waals surface area contributed by atoms with Crippen LogP contribution in [-0.4, -0.2) is 54.8 Å². The van der Waals surface area contributed by atoms with Crippen molar-refractivity contribution in [3.63, 3.8) is 0 Å². The predicted molar refractivity (Wildman–Crippen MR) is 72.6 cm³/mol. The van der Waals surface area contributed by atoms with Crippen molar-refractivity contribution < 1.29 is 20.1 Å². The Hall–Kier alpha value is -1.26. The molecule has 0 aromatic carbocycles. The number of hydrogen-bond donors (Lipinski definition) is 4. The Morgan fingerprint density at radius 3 is 2.75 bits per heavy atom. The van der Waals surface area contributed by atoms with Crippen molar-refractivity contribution in [1.29, 1.82) is 0 Å². The quantitative estimate of drug-likeness (QED) is 0.572. The summed E-state index contributed by atoms with van der Waals surface area (Å²) < 4.78 is 7.69. The first kappa shape index (κ1) is 13.7. The molecule has 0 spiro atoms. The number of ether oxygens (including phenoxy) is 1. The molecule has 1 aliphatic heterocycles. The number of nitrogens with two attached hydrogens (primary N) is 1. The second-order valence-electron chi connectivity index (χ2n) is 4.57. The van der Waals surface area contributed by atoms with Crippen LogP contribution in [-0.2, 0) is 4.74 Å². The SMILES string of the molecule is Nc1ncnc2c1c(Br)cn2C1O[C@H](CO)[C@@H](O)[C@H]1O. The molecule has 5 N–H and O–H groups in total. The first-order valence-electron chi connectivity index (χ1n) is 5.93. The van der Waals surface area contributed by atoms with Crippen molar-refractivity contribution >= 4 is 32.8 Å². The highest BCUT2D eigenvalue weighted by molar-refractivity contribution is 9.10. The van der Waals surface area contributed by atoms with E-state index in [0.717, 1.165) is 0 Å². The molecule has 1 fully saturated rings. The molecule has 3 rings (SSSR count). The van der Waals surface area contributed by atoms with Gasteiger partial charge in [-0.3, -0.25) is 0 Å². The van der Waals surface area contributed by atoms with Crippen LogP contribution < -0.4 is 5.73 Å². The van der Waals surface area contributed by atoms with Crippen LogP contribution >= 0.6 is 15.9 Å². The van der Waals surface area contributed by atoms with Crippen LogP contribution in [0.4, 0.5) is 5.82 Å². The smallest absolute Gasteiger partial charge is 0.164 e. The van der Waals surface area contributed by atoms with Gasteiger partial charge in [0.25, 0.3) is 0 Å². The van der Waals surface area contributed by atoms with Crippen molar-refractivity contribution in [2.24, 2.45) is 0 Å². The Labute approximate surface area is 121 Å². The van der Waals surface area contributed by atoms with E-state index in [1.807, 2.05) is 0 Å². The van der Waals surface area contributed by atoms with Crippen LogP contribution in [0.3, 0.4) is 0 Å². The van der Waals surface area contributed by atoms with Crippen LogP contribution in [0, 0.1) is 0 Å². The molecule has 1 saturated heterocycles. The maximum absolute atomic E-state index is 10.1. The molecule has 1 unspecified atom stereocenters. The van der Waals surface area contributed by atoms with E-state index in [4.69, 9.17) is 15.6 Å². The molecule has 3 heterocycles. The second kappa shape index (κ2) is 4.93. The predicted octanol–water partition coefficient (Wildman–Crippen LogP) is -0.613. The number of rotatable bonds is 2. The zero-order valence-electron chi connectivity index (χ0n) is 10.2. The monoisotopic (exact) mass is 344 g/mol. The summed E-state index contributed by atoms with van der Waals surface area (Å²) in [5.74, 6) is 0.298. The molecular formula is C11H13BrN4O4. The summed E-state index contributed by atoms with van der Waals surface area (Å²) in [6.07, 6.45) is -1.08. The molecule has 108 valence electrons. The van der Waals surface area contributed by atoms with Crippen LogP contribution in [0.15, 0.2) is 17.0 Å². The molecule has 0 aliphatic carbocycles. The third-order valence-corrected chi connectivity index (χ3v) is 3.98. The summed E-state index contributed by atoms with van der Waals surface area (Å²) in [5, 5.41) is 29.6. The molecule has 2 aromatic heterocycles. The van der Waals surface area contributed by atoms with Crippen LogP contribution in [0.5, 0.6) is 0 Å². The second-order valence-corrected chi connectivity index (χ2v) is 5.43. The molecule has 0 bridgehead atoms. The van der Waals surface area contributed by atoms with Crippen molar-refractivity contribution in [3.05, 3.63) is 17.0 Å². The molecule has 2 aromatic rings. The zero-order chi connectivity index (χ0) is 14.4. The van der Waals surface area contributed by atoms with Gasteiger partial charge in [-0.2, -0.15) is 0 Å². The Bertz CT molecular complexity index is 649. The number of anilines is 1. The van der Waals surface area contributed by atoms with E-state index in [2.05, 4.69) is 25.9 Å². The lowest BCUT2D eigenvalue weighted by molar-refractivity contribution is -0.0509. The number of aromatic nitrogens is 3. The maximum atomic E-state index is 10.1. The summed E-state index contributed by atoms with van der Waals surface area (Å²) in [7, 11) is 0. The minimum Gasteiger partial charge on any atom is -0.394 e. The number of aliphatic hydroxyl groups excluding tert-OH is 3. The number of nitrogens with zero attached hydrogens (tertiary/aromatic N) is 3. The van der Waals surface area contributed by atoms with E-state index in [9.17, 15) is 10.2 Å². The molecule has 0 saturated carbocycles. The van der Waals surface area contributed by atoms with E-state index >= 15 is 0 Å². The number of hydrogen-bond acceptors (Lipinski definition) is 7. The fraction of sp³-hybridized carbons (Fsp3) is 0.455. The summed E-state index contributed by atoms with van der Waals surface area (Å²) in [4.78, 5) is 8.03. The topological polar surface area (TPSA) is 127 Å². The molecule has 1 aliphatic rings. The average Bonchev–Trinajstić information content (AvgIpc) is 2.90. The van der Waals surface area contributed by atoms with Gasteiger partial charge in [0.15, 0.2) is 6.23 Å². The molecule has 20 heavy (non-hydrogen) atoms. The number of aliphatic hydroxyl groups is 3. The third kappa shape index (κ3) is 1.90. The van der Waals surface area contributed by atoms with Crippen LogP contribution in [0.2, 0.25) is 0 Å². The average molecular weight is 345 g/mol. The normalized spacial score (nSPS) is 30.2. The largest absolute Gasteiger partial charge is 0.394 e. The summed E-state index contributed by atoms with van der Waals surface area (Å²) in [6, 6.07) is 0. The van der Waals surface area contributed by atoms with Gasteiger partial charge in [-0.15, -0.1) is 0 Å². The molecule has 8 nitrogen and oxygen atoms in total. The van der Waals surface area contributed by atoms with E-state index in [1.54, 1.807) is 10.8 Å². The van der Waals surface area contributed by atoms with E-state index in [0.29, 0.717) is 21.3 Å². The Morgan fingerprint density at radius 1 is 1.35 bits per heavy atom. The zero-order valence-corrected chi connectivity index (χ0v) is 11.8. The van der Waals surface area contributed by atoms with Gasteiger partial charge in [-0.05, 0) is 15.9 Å². The van der Waals surface area contributed by atoms with Crippen molar-refractivity contribution in [1.82, 2.24) is 14.5 Å². The van der Waals surface area contributed by atoms with Crippen molar-refractivity contribution in [2.45, 2.75) is 24.5 Å². The highest BCUT2D eigenvalue weighted by Gasteiger charge is 2.44. The number of nitrogen functional groups attached to an aromatic ring is 1. The molecule has 0 amide bonds. The van der Waals surface area contributed by atoms with Crippen LogP contribution in [0.1, 0.15) is 6.23 Å². The molecule has 0 radical (unpaired) electrons. The molecule has 4 atom stereocenters. The maximum Gasteiger partial charge on any atom is 0.164 e. The van der Waals surface area contributed by atoms with Crippen molar-refractivity contribution in [2.75, 3.05) is 12.3 Å². The highest BCUT2D eigenvalue weighted by atomic mass is 79.9. The van der Waals surface area contributed by atoms with Gasteiger partial charge in [0.1, 0.15) is 36.1 Å². The lowest BCUT2D eigenvalue weighted by Crippen LogP contribution is -2.33. The fourth-order valence-electron chi connectivity index (χ4n) is 2.37. The Kier molecular flexibility index (Phi) is 3.38. The van der Waals surface area contributed by atoms with Gasteiger partial charge in [-0.25, -0.2) is 9.97 Å². The molecule has 9 heteroatoms. The van der Waals surface area contributed by atoms with Gasteiger partial charge in [0.2, 0.25) is 0 Å². The lowest BCUT2D eigenvalue weighted by atomic mass is 10.1. The minimum absolute atomic E-state index is 0.298. The summed E-state index contributed by atoms with van der Waals surface area (Å²) >= 11 is 3.35. The molecular weight excluding hydrogens is 332 g/mol. The summed E-state index contributed by atoms with van der Waals surface area (Å²) in [6.45, 7) is -0.383. The first-order chi connectivity index (χ1) is 9.54. The van der Waals surface area contributed by atoms with E-state index in [1.165, 1.54) is 6.33 Å². The van der Waals surface area contributed by atoms with Gasteiger partial charge >= 0.3 is 0 Å². The van der Waals surface area contributed by atoms with Gasteiger partial charge in [-0.1, -0.05) is 0 Å². The number of halogens is 1. The first-order valence-corrected chi connectivity index (χ1v) is 6.73. The van der Waals surface area contributed by atoms with Gasteiger partial charge in [0, 0.05) is 10.7 Å². The van der Waals surface area contributed by atoms with Gasteiger partial charge < -0.3 is 30.4 Å². The standard InChI is InChI=1S/C11H13BrN4O4/c12-4-1-16(10-6(4)9(13)14-3-15-10)11-8(19)7(18)5(2-17)20-11/h1,3,5,7-8,11,17-19H,2H2,(H2,13,14,15)/t5-,7-,8-,11?/m1/s1. The van der Waals surface area contributed by atoms with Crippen LogP contribution in [0.25, 0.3) is 11.0 Å². The van der Waals surface area contributed by atoms with Gasteiger partial charge in [0.05, 0.1) is 12.0 Å². The number of fused-ring (bicyclic) bond motifs is 1. The summed E-state index contributed by atoms with van der Waals surface area (Å²) in [5.41, 5.74) is 6.27. The lowest BCUT2D eigenvalue weighted by Gasteiger charge is -2.17. The minimum atomic E-state index is -1.18. The van der Waals surface area contributed by atoms with Crippen molar-refractivity contribution in [3.8, 4) is 0 Å². The third-order valence-electron chi connectivity index (χ3n) is 3.38. The highest BCUT2D eigenvalue weighted by Crippen LogP contribution is 2.36. The van der Waals surface area contributed by atoms with E-state index in [-0.39, 0.29) is 6.61 Å².